The Labute approximate surface area is 126 Å². The molecule has 1 rings (SSSR count). The summed E-state index contributed by atoms with van der Waals surface area (Å²) in [5.41, 5.74) is 6.01. The van der Waals surface area contributed by atoms with Crippen molar-refractivity contribution in [3.05, 3.63) is 18.2 Å². The summed E-state index contributed by atoms with van der Waals surface area (Å²) in [5.74, 6) is 0.274. The standard InChI is InChI=1S/C14H24N2O4S/c1-3-4-9-20-10-5-8-16-21(17,18)14-11-12(15)6-7-13(14)19-2/h6-7,11,16H,3-5,8-10,15H2,1-2H3. The van der Waals surface area contributed by atoms with Gasteiger partial charge in [-0.15, -0.1) is 0 Å². The van der Waals surface area contributed by atoms with Gasteiger partial charge in [-0.25, -0.2) is 13.1 Å². The van der Waals surface area contributed by atoms with E-state index < -0.39 is 10.0 Å². The maximum Gasteiger partial charge on any atom is 0.244 e. The molecule has 0 spiro atoms. The van der Waals surface area contributed by atoms with E-state index in [0.29, 0.717) is 31.9 Å². The zero-order chi connectivity index (χ0) is 15.7. The molecule has 0 saturated heterocycles. The van der Waals surface area contributed by atoms with Gasteiger partial charge >= 0.3 is 0 Å². The highest BCUT2D eigenvalue weighted by Crippen LogP contribution is 2.25. The molecule has 0 aliphatic rings. The van der Waals surface area contributed by atoms with Gasteiger partial charge in [-0.05, 0) is 31.0 Å². The maximum absolute atomic E-state index is 12.2. The first kappa shape index (κ1) is 17.7. The number of nitrogens with two attached hydrogens (primary N) is 1. The molecular formula is C14H24N2O4S. The number of anilines is 1. The first-order valence-corrected chi connectivity index (χ1v) is 8.50. The minimum absolute atomic E-state index is 0.0527. The maximum atomic E-state index is 12.2. The molecule has 0 aromatic heterocycles. The van der Waals surface area contributed by atoms with Gasteiger partial charge < -0.3 is 15.2 Å². The van der Waals surface area contributed by atoms with Gasteiger partial charge in [-0.2, -0.15) is 0 Å². The highest BCUT2D eigenvalue weighted by Gasteiger charge is 2.19. The number of nitrogen functional groups attached to an aromatic ring is 1. The third-order valence-electron chi connectivity index (χ3n) is 2.88. The third-order valence-corrected chi connectivity index (χ3v) is 4.36. The molecule has 0 aliphatic carbocycles. The Kier molecular flexibility index (Phi) is 7.49. The number of sulfonamides is 1. The summed E-state index contributed by atoms with van der Waals surface area (Å²) in [5, 5.41) is 0. The molecule has 0 atom stereocenters. The number of ether oxygens (including phenoxy) is 2. The molecule has 0 aliphatic heterocycles. The molecule has 0 radical (unpaired) electrons. The topological polar surface area (TPSA) is 90.7 Å². The van der Waals surface area contributed by atoms with Crippen LogP contribution in [0.25, 0.3) is 0 Å². The van der Waals surface area contributed by atoms with Crippen molar-refractivity contribution < 1.29 is 17.9 Å². The number of hydrogen-bond acceptors (Lipinski definition) is 5. The minimum atomic E-state index is -3.63. The molecule has 6 nitrogen and oxygen atoms in total. The van der Waals surface area contributed by atoms with Gasteiger partial charge in [-0.3, -0.25) is 0 Å². The highest BCUT2D eigenvalue weighted by molar-refractivity contribution is 7.89. The summed E-state index contributed by atoms with van der Waals surface area (Å²) >= 11 is 0. The van der Waals surface area contributed by atoms with Crippen LogP contribution in [0.3, 0.4) is 0 Å². The summed E-state index contributed by atoms with van der Waals surface area (Å²) in [6, 6.07) is 4.52. The fourth-order valence-corrected chi connectivity index (χ4v) is 2.99. The normalized spacial score (nSPS) is 11.5. The molecule has 120 valence electrons. The average Bonchev–Trinajstić information content (AvgIpc) is 2.46. The van der Waals surface area contributed by atoms with E-state index in [9.17, 15) is 8.42 Å². The average molecular weight is 316 g/mol. The van der Waals surface area contributed by atoms with E-state index in [1.54, 1.807) is 6.07 Å². The van der Waals surface area contributed by atoms with Gasteiger partial charge in [0.05, 0.1) is 7.11 Å². The summed E-state index contributed by atoms with van der Waals surface area (Å²) < 4.78 is 37.4. The van der Waals surface area contributed by atoms with Crippen molar-refractivity contribution in [1.29, 1.82) is 0 Å². The second-order valence-electron chi connectivity index (χ2n) is 4.63. The first-order chi connectivity index (χ1) is 10.0. The Morgan fingerprint density at radius 1 is 1.24 bits per heavy atom. The van der Waals surface area contributed by atoms with E-state index in [4.69, 9.17) is 15.2 Å². The lowest BCUT2D eigenvalue weighted by Crippen LogP contribution is -2.26. The molecule has 0 bridgehead atoms. The van der Waals surface area contributed by atoms with Crippen molar-refractivity contribution in [3.8, 4) is 5.75 Å². The Morgan fingerprint density at radius 2 is 1.95 bits per heavy atom. The van der Waals surface area contributed by atoms with Crippen molar-refractivity contribution in [2.75, 3.05) is 32.6 Å². The van der Waals surface area contributed by atoms with Crippen molar-refractivity contribution >= 4 is 15.7 Å². The van der Waals surface area contributed by atoms with Gasteiger partial charge in [0.1, 0.15) is 10.6 Å². The smallest absolute Gasteiger partial charge is 0.244 e. The quantitative estimate of drug-likeness (QED) is 0.507. The SMILES string of the molecule is CCCCOCCCNS(=O)(=O)c1cc(N)ccc1OC. The fraction of sp³-hybridized carbons (Fsp3) is 0.571. The van der Waals surface area contributed by atoms with Crippen molar-refractivity contribution in [2.24, 2.45) is 0 Å². The predicted molar refractivity (Wildman–Crippen MR) is 82.9 cm³/mol. The zero-order valence-electron chi connectivity index (χ0n) is 12.6. The highest BCUT2D eigenvalue weighted by atomic mass is 32.2. The summed E-state index contributed by atoms with van der Waals surface area (Å²) in [4.78, 5) is 0.0527. The van der Waals surface area contributed by atoms with E-state index in [0.717, 1.165) is 12.8 Å². The van der Waals surface area contributed by atoms with E-state index >= 15 is 0 Å². The molecule has 1 aromatic carbocycles. The second-order valence-corrected chi connectivity index (χ2v) is 6.36. The minimum Gasteiger partial charge on any atom is -0.495 e. The number of nitrogens with one attached hydrogen (secondary N) is 1. The number of methoxy groups -OCH3 is 1. The van der Waals surface area contributed by atoms with Gasteiger partial charge in [-0.1, -0.05) is 13.3 Å². The second kappa shape index (κ2) is 8.86. The molecule has 1 aromatic rings. The molecule has 0 fully saturated rings. The van der Waals surface area contributed by atoms with Gasteiger partial charge in [0.15, 0.2) is 0 Å². The molecule has 0 saturated carbocycles. The van der Waals surface area contributed by atoms with Gasteiger partial charge in [0.2, 0.25) is 10.0 Å². The van der Waals surface area contributed by atoms with Gasteiger partial charge in [0.25, 0.3) is 0 Å². The number of rotatable bonds is 10. The van der Waals surface area contributed by atoms with Crippen molar-refractivity contribution in [1.82, 2.24) is 4.72 Å². The zero-order valence-corrected chi connectivity index (χ0v) is 13.4. The molecule has 0 unspecified atom stereocenters. The van der Waals surface area contributed by atoms with Crippen molar-refractivity contribution in [2.45, 2.75) is 31.1 Å². The number of hydrogen-bond donors (Lipinski definition) is 2. The first-order valence-electron chi connectivity index (χ1n) is 7.02. The lowest BCUT2D eigenvalue weighted by molar-refractivity contribution is 0.130. The lowest BCUT2D eigenvalue weighted by Gasteiger charge is -2.11. The number of benzene rings is 1. The van der Waals surface area contributed by atoms with Crippen LogP contribution in [0.1, 0.15) is 26.2 Å². The van der Waals surface area contributed by atoms with Gasteiger partial charge in [0, 0.05) is 25.4 Å². The lowest BCUT2D eigenvalue weighted by atomic mass is 10.3. The Bertz CT molecular complexity index is 532. The molecule has 0 amide bonds. The van der Waals surface area contributed by atoms with Crippen LogP contribution in [-0.4, -0.2) is 35.3 Å². The van der Waals surface area contributed by atoms with Crippen LogP contribution < -0.4 is 15.2 Å². The number of unbranched alkanes of at least 4 members (excludes halogenated alkanes) is 1. The van der Waals surface area contributed by atoms with Crippen LogP contribution in [0.5, 0.6) is 5.75 Å². The van der Waals surface area contributed by atoms with Crippen molar-refractivity contribution in [3.63, 3.8) is 0 Å². The van der Waals surface area contributed by atoms with Crippen LogP contribution in [-0.2, 0) is 14.8 Å². The van der Waals surface area contributed by atoms with Crippen LogP contribution in [0, 0.1) is 0 Å². The molecular weight excluding hydrogens is 292 g/mol. The van der Waals surface area contributed by atoms with Crippen LogP contribution >= 0.6 is 0 Å². The summed E-state index contributed by atoms with van der Waals surface area (Å²) in [7, 11) is -2.21. The molecule has 3 N–H and O–H groups in total. The molecule has 21 heavy (non-hydrogen) atoms. The largest absolute Gasteiger partial charge is 0.495 e. The van der Waals surface area contributed by atoms with E-state index in [1.807, 2.05) is 0 Å². The summed E-state index contributed by atoms with van der Waals surface area (Å²) in [6.07, 6.45) is 2.72. The van der Waals surface area contributed by atoms with E-state index in [2.05, 4.69) is 11.6 Å². The Morgan fingerprint density at radius 3 is 2.62 bits per heavy atom. The summed E-state index contributed by atoms with van der Waals surface area (Å²) in [6.45, 7) is 3.66. The molecule has 0 heterocycles. The monoisotopic (exact) mass is 316 g/mol. The van der Waals surface area contributed by atoms with E-state index in [-0.39, 0.29) is 10.6 Å². The Hall–Kier alpha value is -1.31. The fourth-order valence-electron chi connectivity index (χ4n) is 1.71. The molecule has 7 heteroatoms. The third kappa shape index (κ3) is 5.91. The predicted octanol–water partition coefficient (Wildman–Crippen LogP) is 1.76. The van der Waals surface area contributed by atoms with Crippen LogP contribution in [0.15, 0.2) is 23.1 Å². The van der Waals surface area contributed by atoms with Crippen LogP contribution in [0.4, 0.5) is 5.69 Å². The van der Waals surface area contributed by atoms with Crippen LogP contribution in [0.2, 0.25) is 0 Å². The Balaban J connectivity index is 2.52. The van der Waals surface area contributed by atoms with E-state index in [1.165, 1.54) is 19.2 Å².